The fourth-order valence-electron chi connectivity index (χ4n) is 1.96. The average Bonchev–Trinajstić information content (AvgIpc) is 3.07. The number of benzene rings is 1. The molecule has 26 heavy (non-hydrogen) atoms. The largest absolute Gasteiger partial charge is 0.465 e. The van der Waals surface area contributed by atoms with E-state index in [1.165, 1.54) is 30.5 Å². The molecule has 0 aliphatic heterocycles. The molecule has 0 aliphatic rings. The lowest BCUT2D eigenvalue weighted by Crippen LogP contribution is -2.26. The van der Waals surface area contributed by atoms with Gasteiger partial charge in [-0.1, -0.05) is 0 Å². The molecular weight excluding hydrogens is 358 g/mol. The molecule has 0 bridgehead atoms. The summed E-state index contributed by atoms with van der Waals surface area (Å²) < 4.78 is 29.6. The van der Waals surface area contributed by atoms with Crippen molar-refractivity contribution in [1.29, 1.82) is 0 Å². The first kappa shape index (κ1) is 19.3. The highest BCUT2D eigenvalue weighted by Gasteiger charge is 2.05. The van der Waals surface area contributed by atoms with E-state index >= 15 is 0 Å². The molecule has 9 heteroatoms. The smallest absolute Gasteiger partial charge is 0.244 e. The number of hydrogen-bond donors (Lipinski definition) is 3. The molecule has 0 aliphatic carbocycles. The molecular formula is C17H19N3O5S. The predicted octanol–water partition coefficient (Wildman–Crippen LogP) is 1.81. The molecule has 138 valence electrons. The Bertz CT molecular complexity index is 872. The molecule has 1 aromatic heterocycles. The zero-order chi connectivity index (χ0) is 19.0. The van der Waals surface area contributed by atoms with E-state index in [0.29, 0.717) is 17.1 Å². The Morgan fingerprint density at radius 2 is 1.81 bits per heavy atom. The van der Waals surface area contributed by atoms with Crippen molar-refractivity contribution in [2.24, 2.45) is 0 Å². The van der Waals surface area contributed by atoms with Gasteiger partial charge in [0.05, 0.1) is 12.5 Å². The van der Waals surface area contributed by atoms with E-state index in [0.717, 1.165) is 6.26 Å². The van der Waals surface area contributed by atoms with Crippen LogP contribution in [-0.2, 0) is 19.6 Å². The zero-order valence-electron chi connectivity index (χ0n) is 14.1. The lowest BCUT2D eigenvalue weighted by atomic mass is 10.2. The molecule has 2 amide bonds. The summed E-state index contributed by atoms with van der Waals surface area (Å²) in [6, 6.07) is 9.67. The van der Waals surface area contributed by atoms with Crippen LogP contribution in [0.4, 0.5) is 11.4 Å². The van der Waals surface area contributed by atoms with E-state index in [1.54, 1.807) is 24.3 Å². The molecule has 2 rings (SSSR count). The number of rotatable bonds is 8. The van der Waals surface area contributed by atoms with Crippen molar-refractivity contribution in [2.75, 3.05) is 22.8 Å². The number of anilines is 2. The van der Waals surface area contributed by atoms with Crippen molar-refractivity contribution in [3.8, 4) is 0 Å². The summed E-state index contributed by atoms with van der Waals surface area (Å²) in [4.78, 5) is 23.4. The fraction of sp³-hybridized carbons (Fsp3) is 0.176. The Labute approximate surface area is 151 Å². The normalized spacial score (nSPS) is 11.3. The Morgan fingerprint density at radius 3 is 2.42 bits per heavy atom. The van der Waals surface area contributed by atoms with Gasteiger partial charge in [-0.15, -0.1) is 0 Å². The molecule has 3 N–H and O–H groups in total. The summed E-state index contributed by atoms with van der Waals surface area (Å²) in [7, 11) is -3.34. The van der Waals surface area contributed by atoms with Gasteiger partial charge in [0.25, 0.3) is 0 Å². The predicted molar refractivity (Wildman–Crippen MR) is 98.9 cm³/mol. The monoisotopic (exact) mass is 377 g/mol. The highest BCUT2D eigenvalue weighted by Crippen LogP contribution is 2.14. The first-order valence-electron chi connectivity index (χ1n) is 7.69. The van der Waals surface area contributed by atoms with E-state index < -0.39 is 10.0 Å². The molecule has 2 aromatic rings. The Balaban J connectivity index is 1.72. The topological polar surface area (TPSA) is 118 Å². The molecule has 1 aromatic carbocycles. The summed E-state index contributed by atoms with van der Waals surface area (Å²) in [5, 5.41) is 5.25. The molecule has 8 nitrogen and oxygen atoms in total. The van der Waals surface area contributed by atoms with Gasteiger partial charge in [-0.2, -0.15) is 0 Å². The van der Waals surface area contributed by atoms with Crippen LogP contribution in [0.25, 0.3) is 6.08 Å². The number of furan rings is 1. The van der Waals surface area contributed by atoms with Gasteiger partial charge in [-0.3, -0.25) is 14.3 Å². The van der Waals surface area contributed by atoms with Crippen molar-refractivity contribution in [2.45, 2.75) is 6.42 Å². The quantitative estimate of drug-likeness (QED) is 0.607. The fourth-order valence-corrected chi connectivity index (χ4v) is 2.53. The first-order valence-corrected chi connectivity index (χ1v) is 9.58. The minimum Gasteiger partial charge on any atom is -0.465 e. The summed E-state index contributed by atoms with van der Waals surface area (Å²) in [5.41, 5.74) is 0.930. The van der Waals surface area contributed by atoms with Gasteiger partial charge in [-0.25, -0.2) is 8.42 Å². The van der Waals surface area contributed by atoms with E-state index in [-0.39, 0.29) is 24.8 Å². The summed E-state index contributed by atoms with van der Waals surface area (Å²) in [5.74, 6) is -0.0405. The van der Waals surface area contributed by atoms with Crippen LogP contribution >= 0.6 is 0 Å². The third kappa shape index (κ3) is 7.22. The molecule has 0 radical (unpaired) electrons. The van der Waals surface area contributed by atoms with Gasteiger partial charge in [0, 0.05) is 30.4 Å². The lowest BCUT2D eigenvalue weighted by molar-refractivity contribution is -0.117. The third-order valence-electron chi connectivity index (χ3n) is 3.07. The zero-order valence-corrected chi connectivity index (χ0v) is 14.9. The van der Waals surface area contributed by atoms with Crippen LogP contribution in [0, 0.1) is 0 Å². The van der Waals surface area contributed by atoms with Crippen molar-refractivity contribution in [3.63, 3.8) is 0 Å². The van der Waals surface area contributed by atoms with E-state index in [1.807, 2.05) is 0 Å². The number of carbonyl (C=O) groups is 2. The highest BCUT2D eigenvalue weighted by atomic mass is 32.2. The van der Waals surface area contributed by atoms with E-state index in [4.69, 9.17) is 4.42 Å². The van der Waals surface area contributed by atoms with Crippen molar-refractivity contribution in [3.05, 3.63) is 54.5 Å². The minimum atomic E-state index is -3.34. The highest BCUT2D eigenvalue weighted by molar-refractivity contribution is 7.92. The number of hydrogen-bond acceptors (Lipinski definition) is 5. The summed E-state index contributed by atoms with van der Waals surface area (Å²) in [6.45, 7) is 0.181. The molecule has 0 unspecified atom stereocenters. The second kappa shape index (κ2) is 8.86. The van der Waals surface area contributed by atoms with Crippen molar-refractivity contribution >= 4 is 39.3 Å². The SMILES string of the molecule is CS(=O)(=O)Nc1ccc(NC(=O)CCNC(=O)/C=C/c2ccco2)cc1. The first-order chi connectivity index (χ1) is 12.3. The van der Waals surface area contributed by atoms with Crippen LogP contribution in [0.2, 0.25) is 0 Å². The maximum absolute atomic E-state index is 11.8. The van der Waals surface area contributed by atoms with Gasteiger partial charge in [-0.05, 0) is 42.5 Å². The van der Waals surface area contributed by atoms with Crippen LogP contribution in [-0.4, -0.2) is 33.0 Å². The maximum atomic E-state index is 11.8. The van der Waals surface area contributed by atoms with Gasteiger partial charge in [0.15, 0.2) is 0 Å². The number of carbonyl (C=O) groups excluding carboxylic acids is 2. The van der Waals surface area contributed by atoms with Crippen LogP contribution in [0.5, 0.6) is 0 Å². The van der Waals surface area contributed by atoms with Crippen molar-refractivity contribution < 1.29 is 22.4 Å². The Hall–Kier alpha value is -3.07. The van der Waals surface area contributed by atoms with Crippen LogP contribution < -0.4 is 15.4 Å². The van der Waals surface area contributed by atoms with Crippen LogP contribution in [0.3, 0.4) is 0 Å². The average molecular weight is 377 g/mol. The minimum absolute atomic E-state index is 0.101. The molecule has 0 saturated heterocycles. The number of nitrogens with one attached hydrogen (secondary N) is 3. The summed E-state index contributed by atoms with van der Waals surface area (Å²) >= 11 is 0. The van der Waals surface area contributed by atoms with Crippen LogP contribution in [0.1, 0.15) is 12.2 Å². The third-order valence-corrected chi connectivity index (χ3v) is 3.67. The molecule has 1 heterocycles. The molecule has 0 atom stereocenters. The van der Waals surface area contributed by atoms with E-state index in [2.05, 4.69) is 15.4 Å². The molecule has 0 fully saturated rings. The lowest BCUT2D eigenvalue weighted by Gasteiger charge is -2.07. The Kier molecular flexibility index (Phi) is 6.56. The maximum Gasteiger partial charge on any atom is 0.244 e. The second-order valence-corrected chi connectivity index (χ2v) is 7.14. The van der Waals surface area contributed by atoms with Crippen molar-refractivity contribution in [1.82, 2.24) is 5.32 Å². The Morgan fingerprint density at radius 1 is 1.12 bits per heavy atom. The van der Waals surface area contributed by atoms with Crippen LogP contribution in [0.15, 0.2) is 53.2 Å². The van der Waals surface area contributed by atoms with E-state index in [9.17, 15) is 18.0 Å². The van der Waals surface area contributed by atoms with Gasteiger partial charge in [0.2, 0.25) is 21.8 Å². The standard InChI is InChI=1S/C17H19N3O5S/c1-26(23,24)20-14-6-4-13(5-7-14)19-17(22)10-11-18-16(21)9-8-15-3-2-12-25-15/h2-9,12,20H,10-11H2,1H3,(H,18,21)(H,19,22)/b9-8+. The summed E-state index contributed by atoms with van der Waals surface area (Å²) in [6.07, 6.45) is 5.52. The molecule has 0 saturated carbocycles. The molecule has 0 spiro atoms. The number of amides is 2. The second-order valence-electron chi connectivity index (χ2n) is 5.39. The van der Waals surface area contributed by atoms with Gasteiger partial charge < -0.3 is 15.1 Å². The van der Waals surface area contributed by atoms with Gasteiger partial charge in [0.1, 0.15) is 5.76 Å². The number of sulfonamides is 1. The van der Waals surface area contributed by atoms with Gasteiger partial charge >= 0.3 is 0 Å².